The standard InChI is InChI=1S/C14H12FNO4/c15-10-3-1-2-9(6-10)7-11-14(20)12(17)4-5-16(11)8-13(18)19/h1-6,20H,7-8H2,(H,18,19). The number of carboxylic acid groups (broad SMARTS) is 1. The summed E-state index contributed by atoms with van der Waals surface area (Å²) in [7, 11) is 0. The second-order valence-corrected chi connectivity index (χ2v) is 4.30. The molecule has 1 aromatic carbocycles. The van der Waals surface area contributed by atoms with Gasteiger partial charge in [0, 0.05) is 18.7 Å². The van der Waals surface area contributed by atoms with Crippen molar-refractivity contribution in [2.45, 2.75) is 13.0 Å². The van der Waals surface area contributed by atoms with Crippen LogP contribution in [0.1, 0.15) is 11.3 Å². The first-order valence-corrected chi connectivity index (χ1v) is 5.85. The minimum absolute atomic E-state index is 0.0625. The van der Waals surface area contributed by atoms with Crippen LogP contribution in [-0.2, 0) is 17.8 Å². The fourth-order valence-electron chi connectivity index (χ4n) is 1.92. The predicted octanol–water partition coefficient (Wildman–Crippen LogP) is 1.37. The van der Waals surface area contributed by atoms with Crippen LogP contribution in [0.5, 0.6) is 5.75 Å². The Morgan fingerprint density at radius 2 is 2.05 bits per heavy atom. The van der Waals surface area contributed by atoms with Crippen LogP contribution in [0.25, 0.3) is 0 Å². The minimum Gasteiger partial charge on any atom is -0.503 e. The highest BCUT2D eigenvalue weighted by molar-refractivity contribution is 5.66. The Hall–Kier alpha value is -2.63. The molecule has 0 fully saturated rings. The molecule has 0 saturated heterocycles. The first-order chi connectivity index (χ1) is 9.47. The van der Waals surface area contributed by atoms with Crippen LogP contribution in [0, 0.1) is 5.82 Å². The van der Waals surface area contributed by atoms with Gasteiger partial charge in [0.05, 0.1) is 5.69 Å². The summed E-state index contributed by atoms with van der Waals surface area (Å²) < 4.78 is 14.4. The van der Waals surface area contributed by atoms with Gasteiger partial charge in [-0.05, 0) is 17.7 Å². The van der Waals surface area contributed by atoms with Gasteiger partial charge in [0.15, 0.2) is 5.75 Å². The zero-order valence-corrected chi connectivity index (χ0v) is 10.4. The Kier molecular flexibility index (Phi) is 3.84. The van der Waals surface area contributed by atoms with E-state index >= 15 is 0 Å². The number of aromatic nitrogens is 1. The van der Waals surface area contributed by atoms with Crippen LogP contribution < -0.4 is 5.43 Å². The molecule has 2 rings (SSSR count). The van der Waals surface area contributed by atoms with Crippen molar-refractivity contribution in [2.75, 3.05) is 0 Å². The molecule has 0 saturated carbocycles. The fourth-order valence-corrected chi connectivity index (χ4v) is 1.92. The molecule has 2 aromatic rings. The number of aromatic hydroxyl groups is 1. The molecule has 0 spiro atoms. The van der Waals surface area contributed by atoms with Gasteiger partial charge >= 0.3 is 5.97 Å². The van der Waals surface area contributed by atoms with Crippen molar-refractivity contribution >= 4 is 5.97 Å². The second kappa shape index (κ2) is 5.56. The van der Waals surface area contributed by atoms with E-state index in [0.717, 1.165) is 6.07 Å². The zero-order valence-electron chi connectivity index (χ0n) is 10.4. The molecular formula is C14H12FNO4. The molecule has 6 heteroatoms. The van der Waals surface area contributed by atoms with E-state index in [1.807, 2.05) is 0 Å². The molecule has 2 N–H and O–H groups in total. The molecular weight excluding hydrogens is 265 g/mol. The lowest BCUT2D eigenvalue weighted by Gasteiger charge is -2.13. The van der Waals surface area contributed by atoms with E-state index in [1.54, 1.807) is 6.07 Å². The Labute approximate surface area is 113 Å². The van der Waals surface area contributed by atoms with Crippen molar-refractivity contribution in [3.63, 3.8) is 0 Å². The van der Waals surface area contributed by atoms with Crippen LogP contribution in [0.4, 0.5) is 4.39 Å². The molecule has 5 nitrogen and oxygen atoms in total. The predicted molar refractivity (Wildman–Crippen MR) is 69.2 cm³/mol. The number of hydrogen-bond acceptors (Lipinski definition) is 3. The summed E-state index contributed by atoms with van der Waals surface area (Å²) in [5, 5.41) is 18.6. The van der Waals surface area contributed by atoms with Crippen LogP contribution in [0.2, 0.25) is 0 Å². The third-order valence-corrected chi connectivity index (χ3v) is 2.83. The molecule has 0 radical (unpaired) electrons. The summed E-state index contributed by atoms with van der Waals surface area (Å²) in [6, 6.07) is 6.77. The van der Waals surface area contributed by atoms with Crippen molar-refractivity contribution in [2.24, 2.45) is 0 Å². The lowest BCUT2D eigenvalue weighted by Crippen LogP contribution is -2.17. The number of carboxylic acids is 1. The summed E-state index contributed by atoms with van der Waals surface area (Å²) in [5.41, 5.74) is 0.0774. The quantitative estimate of drug-likeness (QED) is 0.884. The lowest BCUT2D eigenvalue weighted by atomic mass is 10.1. The van der Waals surface area contributed by atoms with Crippen LogP contribution in [-0.4, -0.2) is 20.7 Å². The van der Waals surface area contributed by atoms with Gasteiger partial charge in [-0.25, -0.2) is 4.39 Å². The molecule has 1 heterocycles. The normalized spacial score (nSPS) is 10.4. The summed E-state index contributed by atoms with van der Waals surface area (Å²) in [6.07, 6.45) is 1.36. The maximum absolute atomic E-state index is 13.1. The van der Waals surface area contributed by atoms with Crippen molar-refractivity contribution in [3.8, 4) is 5.75 Å². The Morgan fingerprint density at radius 3 is 2.70 bits per heavy atom. The van der Waals surface area contributed by atoms with Gasteiger partial charge in [-0.1, -0.05) is 12.1 Å². The molecule has 0 aliphatic heterocycles. The lowest BCUT2D eigenvalue weighted by molar-refractivity contribution is -0.137. The van der Waals surface area contributed by atoms with Gasteiger partial charge in [0.25, 0.3) is 0 Å². The van der Waals surface area contributed by atoms with Crippen LogP contribution in [0.15, 0.2) is 41.3 Å². The monoisotopic (exact) mass is 277 g/mol. The zero-order chi connectivity index (χ0) is 14.7. The van der Waals surface area contributed by atoms with E-state index in [2.05, 4.69) is 0 Å². The van der Waals surface area contributed by atoms with Gasteiger partial charge < -0.3 is 14.8 Å². The first-order valence-electron chi connectivity index (χ1n) is 5.85. The number of nitrogens with zero attached hydrogens (tertiary/aromatic N) is 1. The summed E-state index contributed by atoms with van der Waals surface area (Å²) in [6.45, 7) is -0.390. The maximum atomic E-state index is 13.1. The van der Waals surface area contributed by atoms with Crippen molar-refractivity contribution in [3.05, 3.63) is 63.8 Å². The van der Waals surface area contributed by atoms with Gasteiger partial charge in [-0.3, -0.25) is 9.59 Å². The summed E-state index contributed by atoms with van der Waals surface area (Å²) in [4.78, 5) is 22.2. The van der Waals surface area contributed by atoms with Gasteiger partial charge in [-0.15, -0.1) is 0 Å². The summed E-state index contributed by atoms with van der Waals surface area (Å²) in [5.74, 6) is -2.06. The number of hydrogen-bond donors (Lipinski definition) is 2. The average Bonchev–Trinajstić information content (AvgIpc) is 2.38. The van der Waals surface area contributed by atoms with Gasteiger partial charge in [-0.2, -0.15) is 0 Å². The number of halogens is 1. The number of aliphatic carboxylic acids is 1. The maximum Gasteiger partial charge on any atom is 0.323 e. The number of pyridine rings is 1. The molecule has 0 bridgehead atoms. The minimum atomic E-state index is -1.10. The Morgan fingerprint density at radius 1 is 1.30 bits per heavy atom. The van der Waals surface area contributed by atoms with E-state index in [1.165, 1.54) is 29.0 Å². The molecule has 104 valence electrons. The van der Waals surface area contributed by atoms with E-state index in [4.69, 9.17) is 5.11 Å². The average molecular weight is 277 g/mol. The first kappa shape index (κ1) is 13.8. The SMILES string of the molecule is O=C(O)Cn1ccc(=O)c(O)c1Cc1cccc(F)c1. The summed E-state index contributed by atoms with van der Waals surface area (Å²) >= 11 is 0. The molecule has 0 aliphatic rings. The van der Waals surface area contributed by atoms with Crippen LogP contribution in [0.3, 0.4) is 0 Å². The van der Waals surface area contributed by atoms with Crippen LogP contribution >= 0.6 is 0 Å². The number of benzene rings is 1. The molecule has 20 heavy (non-hydrogen) atoms. The second-order valence-electron chi connectivity index (χ2n) is 4.30. The topological polar surface area (TPSA) is 79.5 Å². The van der Waals surface area contributed by atoms with Gasteiger partial charge in [0.1, 0.15) is 12.4 Å². The molecule has 0 atom stereocenters. The van der Waals surface area contributed by atoms with E-state index in [9.17, 15) is 19.1 Å². The molecule has 0 unspecified atom stereocenters. The van der Waals surface area contributed by atoms with E-state index in [-0.39, 0.29) is 12.1 Å². The number of carbonyl (C=O) groups is 1. The largest absolute Gasteiger partial charge is 0.503 e. The van der Waals surface area contributed by atoms with E-state index in [0.29, 0.717) is 5.56 Å². The van der Waals surface area contributed by atoms with Crippen molar-refractivity contribution in [1.82, 2.24) is 4.57 Å². The third-order valence-electron chi connectivity index (χ3n) is 2.83. The molecule has 0 aliphatic carbocycles. The Balaban J connectivity index is 2.45. The number of rotatable bonds is 4. The van der Waals surface area contributed by atoms with Crippen molar-refractivity contribution < 1.29 is 19.4 Å². The highest BCUT2D eigenvalue weighted by atomic mass is 19.1. The molecule has 1 aromatic heterocycles. The highest BCUT2D eigenvalue weighted by Gasteiger charge is 2.13. The molecule has 0 amide bonds. The highest BCUT2D eigenvalue weighted by Crippen LogP contribution is 2.17. The van der Waals surface area contributed by atoms with E-state index < -0.39 is 29.5 Å². The Bertz CT molecular complexity index is 709. The third kappa shape index (κ3) is 3.03. The smallest absolute Gasteiger partial charge is 0.323 e. The van der Waals surface area contributed by atoms with Gasteiger partial charge in [0.2, 0.25) is 5.43 Å². The fraction of sp³-hybridized carbons (Fsp3) is 0.143. The van der Waals surface area contributed by atoms with Crippen molar-refractivity contribution in [1.29, 1.82) is 0 Å².